The summed E-state index contributed by atoms with van der Waals surface area (Å²) in [7, 11) is 1.73. The van der Waals surface area contributed by atoms with Crippen molar-refractivity contribution < 1.29 is 9.90 Å². The second-order valence-corrected chi connectivity index (χ2v) is 11.0. The number of carbonyl (C=O) groups is 1. The van der Waals surface area contributed by atoms with Crippen LogP contribution in [0.5, 0.6) is 5.75 Å². The summed E-state index contributed by atoms with van der Waals surface area (Å²) in [6, 6.07) is 32.3. The molecule has 0 aliphatic heterocycles. The minimum absolute atomic E-state index is 0.0318. The van der Waals surface area contributed by atoms with Crippen molar-refractivity contribution >= 4 is 43.6 Å². The third kappa shape index (κ3) is 4.93. The van der Waals surface area contributed by atoms with E-state index in [9.17, 15) is 14.7 Å². The Morgan fingerprint density at radius 2 is 1.63 bits per heavy atom. The van der Waals surface area contributed by atoms with E-state index < -0.39 is 5.92 Å². The fourth-order valence-electron chi connectivity index (χ4n) is 5.66. The molecule has 0 bridgehead atoms. The van der Waals surface area contributed by atoms with Crippen LogP contribution in [-0.2, 0) is 13.5 Å². The minimum atomic E-state index is -0.594. The molecule has 41 heavy (non-hydrogen) atoms. The SMILES string of the molecule is Cn1c(=O)c(C(c2cccc(Br)c2)c2[nH]c3ccccc3c2CCNC(=O)c2ccccc2)c(O)c2ccccc21. The van der Waals surface area contributed by atoms with E-state index in [1.165, 1.54) is 0 Å². The molecule has 0 fully saturated rings. The number of rotatable bonds is 7. The van der Waals surface area contributed by atoms with Gasteiger partial charge in [0.05, 0.1) is 17.0 Å². The number of benzene rings is 4. The molecule has 2 aromatic heterocycles. The smallest absolute Gasteiger partial charge is 0.258 e. The Morgan fingerprint density at radius 1 is 0.927 bits per heavy atom. The number of aromatic nitrogens is 2. The largest absolute Gasteiger partial charge is 0.507 e. The number of nitrogens with one attached hydrogen (secondary N) is 2. The Kier molecular flexibility index (Phi) is 7.20. The van der Waals surface area contributed by atoms with Crippen molar-refractivity contribution in [3.05, 3.63) is 146 Å². The number of para-hydroxylation sites is 2. The average molecular weight is 607 g/mol. The van der Waals surface area contributed by atoms with Gasteiger partial charge in [-0.15, -0.1) is 0 Å². The van der Waals surface area contributed by atoms with Crippen molar-refractivity contribution in [2.24, 2.45) is 7.05 Å². The second-order valence-electron chi connectivity index (χ2n) is 10.1. The molecule has 0 spiro atoms. The van der Waals surface area contributed by atoms with E-state index in [1.54, 1.807) is 23.7 Å². The highest BCUT2D eigenvalue weighted by Crippen LogP contribution is 2.41. The molecule has 0 saturated heterocycles. The molecule has 0 saturated carbocycles. The summed E-state index contributed by atoms with van der Waals surface area (Å²) in [6.07, 6.45) is 0.525. The molecular weight excluding hydrogens is 578 g/mol. The monoisotopic (exact) mass is 605 g/mol. The van der Waals surface area contributed by atoms with Crippen LogP contribution in [0.1, 0.15) is 38.7 Å². The number of pyridine rings is 1. The van der Waals surface area contributed by atoms with Gasteiger partial charge in [-0.05, 0) is 60.0 Å². The van der Waals surface area contributed by atoms with Crippen LogP contribution in [0.2, 0.25) is 0 Å². The third-order valence-corrected chi connectivity index (χ3v) is 8.11. The van der Waals surface area contributed by atoms with E-state index >= 15 is 0 Å². The van der Waals surface area contributed by atoms with Gasteiger partial charge in [-0.25, -0.2) is 0 Å². The molecule has 6 rings (SSSR count). The maximum Gasteiger partial charge on any atom is 0.258 e. The van der Waals surface area contributed by atoms with Gasteiger partial charge in [0.1, 0.15) is 5.75 Å². The van der Waals surface area contributed by atoms with Crippen LogP contribution >= 0.6 is 15.9 Å². The molecule has 2 heterocycles. The number of carbonyl (C=O) groups excluding carboxylic acids is 1. The molecule has 4 aromatic carbocycles. The molecule has 1 atom stereocenters. The molecule has 6 aromatic rings. The number of aromatic hydroxyl groups is 1. The van der Waals surface area contributed by atoms with Crippen LogP contribution in [0.3, 0.4) is 0 Å². The molecule has 1 amide bonds. The Hall–Kier alpha value is -4.62. The molecule has 3 N–H and O–H groups in total. The maximum atomic E-state index is 14.0. The van der Waals surface area contributed by atoms with Gasteiger partial charge in [0.15, 0.2) is 0 Å². The number of fused-ring (bicyclic) bond motifs is 2. The van der Waals surface area contributed by atoms with Crippen molar-refractivity contribution in [2.45, 2.75) is 12.3 Å². The van der Waals surface area contributed by atoms with Crippen LogP contribution in [0, 0.1) is 0 Å². The zero-order chi connectivity index (χ0) is 28.5. The first-order valence-corrected chi connectivity index (χ1v) is 14.2. The molecular formula is C34H28BrN3O3. The minimum Gasteiger partial charge on any atom is -0.507 e. The van der Waals surface area contributed by atoms with Crippen LogP contribution < -0.4 is 10.9 Å². The molecule has 0 aliphatic rings. The lowest BCUT2D eigenvalue weighted by Crippen LogP contribution is -2.27. The van der Waals surface area contributed by atoms with E-state index in [4.69, 9.17) is 0 Å². The second kappa shape index (κ2) is 11.1. The van der Waals surface area contributed by atoms with Crippen LogP contribution in [0.25, 0.3) is 21.8 Å². The Morgan fingerprint density at radius 3 is 2.41 bits per heavy atom. The van der Waals surface area contributed by atoms with Crippen molar-refractivity contribution in [3.63, 3.8) is 0 Å². The van der Waals surface area contributed by atoms with Crippen molar-refractivity contribution in [1.29, 1.82) is 0 Å². The zero-order valence-corrected chi connectivity index (χ0v) is 24.0. The van der Waals surface area contributed by atoms with E-state index in [-0.39, 0.29) is 17.2 Å². The van der Waals surface area contributed by atoms with Gasteiger partial charge in [-0.2, -0.15) is 0 Å². The Balaban J connectivity index is 1.53. The topological polar surface area (TPSA) is 87.1 Å². The first kappa shape index (κ1) is 26.6. The quantitative estimate of drug-likeness (QED) is 0.191. The summed E-state index contributed by atoms with van der Waals surface area (Å²) < 4.78 is 2.46. The number of amides is 1. The van der Waals surface area contributed by atoms with Crippen molar-refractivity contribution in [2.75, 3.05) is 6.54 Å². The molecule has 0 radical (unpaired) electrons. The summed E-state index contributed by atoms with van der Waals surface area (Å²) in [4.78, 5) is 30.4. The maximum absolute atomic E-state index is 14.0. The highest BCUT2D eigenvalue weighted by Gasteiger charge is 2.30. The van der Waals surface area contributed by atoms with E-state index in [1.807, 2.05) is 91.0 Å². The standard InChI is InChI=1S/C34H28BrN3O3/c1-38-28-17-8-6-15-26(28)32(39)30(34(38)41)29(22-12-9-13-23(35)20-22)31-25(24-14-5-7-16-27(24)37-31)18-19-36-33(40)21-10-3-2-4-11-21/h2-17,20,29,37,39H,18-19H2,1H3,(H,36,40). The van der Waals surface area contributed by atoms with Crippen LogP contribution in [0.15, 0.2) is 112 Å². The summed E-state index contributed by atoms with van der Waals surface area (Å²) >= 11 is 3.60. The molecule has 7 heteroatoms. The molecule has 204 valence electrons. The van der Waals surface area contributed by atoms with Crippen LogP contribution in [0.4, 0.5) is 0 Å². The van der Waals surface area contributed by atoms with Gasteiger partial charge < -0.3 is 20.0 Å². The fourth-order valence-corrected chi connectivity index (χ4v) is 6.07. The van der Waals surface area contributed by atoms with Gasteiger partial charge in [-0.3, -0.25) is 9.59 Å². The first-order chi connectivity index (χ1) is 19.9. The Labute approximate surface area is 245 Å². The highest BCUT2D eigenvalue weighted by molar-refractivity contribution is 9.10. The van der Waals surface area contributed by atoms with Gasteiger partial charge in [0, 0.05) is 45.6 Å². The Bertz CT molecular complexity index is 1960. The number of aryl methyl sites for hydroxylation is 1. The van der Waals surface area contributed by atoms with Gasteiger partial charge >= 0.3 is 0 Å². The number of aromatic amines is 1. The lowest BCUT2D eigenvalue weighted by Gasteiger charge is -2.22. The third-order valence-electron chi connectivity index (χ3n) is 7.61. The van der Waals surface area contributed by atoms with Crippen molar-refractivity contribution in [3.8, 4) is 5.75 Å². The lowest BCUT2D eigenvalue weighted by atomic mass is 9.85. The van der Waals surface area contributed by atoms with E-state index in [0.717, 1.165) is 32.2 Å². The first-order valence-electron chi connectivity index (χ1n) is 13.4. The number of nitrogens with zero attached hydrogens (tertiary/aromatic N) is 1. The summed E-state index contributed by atoms with van der Waals surface area (Å²) in [5.74, 6) is -0.768. The van der Waals surface area contributed by atoms with E-state index in [2.05, 4.69) is 26.2 Å². The summed E-state index contributed by atoms with van der Waals surface area (Å²) in [6.45, 7) is 0.398. The summed E-state index contributed by atoms with van der Waals surface area (Å²) in [5.41, 5.74) is 4.84. The van der Waals surface area contributed by atoms with E-state index in [0.29, 0.717) is 35.0 Å². The van der Waals surface area contributed by atoms with Gasteiger partial charge in [0.25, 0.3) is 11.5 Å². The molecule has 0 aliphatic carbocycles. The zero-order valence-electron chi connectivity index (χ0n) is 22.4. The number of hydrogen-bond donors (Lipinski definition) is 3. The average Bonchev–Trinajstić information content (AvgIpc) is 3.36. The lowest BCUT2D eigenvalue weighted by molar-refractivity contribution is 0.0954. The number of H-pyrrole nitrogens is 1. The van der Waals surface area contributed by atoms with Crippen molar-refractivity contribution in [1.82, 2.24) is 14.9 Å². The number of hydrogen-bond acceptors (Lipinski definition) is 3. The fraction of sp³-hybridized carbons (Fsp3) is 0.118. The predicted molar refractivity (Wildman–Crippen MR) is 167 cm³/mol. The molecule has 6 nitrogen and oxygen atoms in total. The van der Waals surface area contributed by atoms with Gasteiger partial charge in [-0.1, -0.05) is 76.6 Å². The normalized spacial score (nSPS) is 12.0. The summed E-state index contributed by atoms with van der Waals surface area (Å²) in [5, 5.41) is 16.3. The highest BCUT2D eigenvalue weighted by atomic mass is 79.9. The molecule has 1 unspecified atom stereocenters. The number of halogens is 1. The van der Waals surface area contributed by atoms with Gasteiger partial charge in [0.2, 0.25) is 0 Å². The predicted octanol–water partition coefficient (Wildman–Crippen LogP) is 6.64. The van der Waals surface area contributed by atoms with Crippen LogP contribution in [-0.4, -0.2) is 27.1 Å².